The SMILES string of the molecule is Cl.N[C@@H](CO)CN1C[C@@H](F)Cc2c(Br)sc(C(=O)O)c21. The Labute approximate surface area is 134 Å². The van der Waals surface area contributed by atoms with Gasteiger partial charge in [-0.1, -0.05) is 0 Å². The Kier molecular flexibility index (Phi) is 6.21. The predicted molar refractivity (Wildman–Crippen MR) is 82.1 cm³/mol. The molecule has 0 aromatic carbocycles. The van der Waals surface area contributed by atoms with Gasteiger partial charge in [-0.2, -0.15) is 0 Å². The van der Waals surface area contributed by atoms with E-state index in [-0.39, 0.29) is 43.4 Å². The lowest BCUT2D eigenvalue weighted by atomic mass is 10.0. The molecule has 9 heteroatoms. The van der Waals surface area contributed by atoms with E-state index in [9.17, 15) is 14.3 Å². The highest BCUT2D eigenvalue weighted by Gasteiger charge is 2.33. The molecule has 0 unspecified atom stereocenters. The molecular weight excluding hydrogens is 375 g/mol. The fourth-order valence-corrected chi connectivity index (χ4v) is 3.96. The fourth-order valence-electron chi connectivity index (χ4n) is 2.21. The van der Waals surface area contributed by atoms with Crippen LogP contribution in [0.5, 0.6) is 0 Å². The molecule has 114 valence electrons. The number of carboxylic acid groups (broad SMARTS) is 1. The highest BCUT2D eigenvalue weighted by molar-refractivity contribution is 9.11. The van der Waals surface area contributed by atoms with Crippen LogP contribution in [0, 0.1) is 0 Å². The van der Waals surface area contributed by atoms with E-state index >= 15 is 0 Å². The van der Waals surface area contributed by atoms with E-state index < -0.39 is 18.2 Å². The third-order valence-electron chi connectivity index (χ3n) is 2.97. The summed E-state index contributed by atoms with van der Waals surface area (Å²) < 4.78 is 14.4. The van der Waals surface area contributed by atoms with Crippen LogP contribution in [0.2, 0.25) is 0 Å². The number of nitrogens with zero attached hydrogens (tertiary/aromatic N) is 1. The topological polar surface area (TPSA) is 86.8 Å². The maximum atomic E-state index is 13.7. The summed E-state index contributed by atoms with van der Waals surface area (Å²) in [6.45, 7) is 0.105. The minimum Gasteiger partial charge on any atom is -0.477 e. The van der Waals surface area contributed by atoms with Gasteiger partial charge in [-0.15, -0.1) is 23.7 Å². The Bertz CT molecular complexity index is 502. The zero-order valence-electron chi connectivity index (χ0n) is 10.4. The van der Waals surface area contributed by atoms with Crippen LogP contribution in [0.1, 0.15) is 15.2 Å². The Morgan fingerprint density at radius 3 is 2.85 bits per heavy atom. The first kappa shape index (κ1) is 17.6. The molecule has 0 bridgehead atoms. The first-order valence-electron chi connectivity index (χ1n) is 5.74. The number of aromatic carboxylic acids is 1. The molecule has 0 saturated carbocycles. The number of nitrogens with two attached hydrogens (primary N) is 1. The van der Waals surface area contributed by atoms with E-state index in [1.54, 1.807) is 4.90 Å². The van der Waals surface area contributed by atoms with Crippen molar-refractivity contribution in [3.63, 3.8) is 0 Å². The molecule has 1 aliphatic rings. The smallest absolute Gasteiger partial charge is 0.348 e. The zero-order valence-corrected chi connectivity index (χ0v) is 13.6. The summed E-state index contributed by atoms with van der Waals surface area (Å²) >= 11 is 4.37. The summed E-state index contributed by atoms with van der Waals surface area (Å²) in [7, 11) is 0. The molecular formula is C11H15BrClFN2O3S. The summed E-state index contributed by atoms with van der Waals surface area (Å²) in [4.78, 5) is 13.1. The van der Waals surface area contributed by atoms with Gasteiger partial charge in [0.15, 0.2) is 0 Å². The van der Waals surface area contributed by atoms with Crippen molar-refractivity contribution in [2.75, 3.05) is 24.6 Å². The number of hydrogen-bond donors (Lipinski definition) is 3. The van der Waals surface area contributed by atoms with Crippen molar-refractivity contribution in [2.45, 2.75) is 18.6 Å². The number of aliphatic hydroxyl groups excluding tert-OH is 1. The Morgan fingerprint density at radius 1 is 1.65 bits per heavy atom. The predicted octanol–water partition coefficient (Wildman–Crippen LogP) is 1.65. The van der Waals surface area contributed by atoms with Crippen LogP contribution in [0.15, 0.2) is 3.79 Å². The quantitative estimate of drug-likeness (QED) is 0.729. The van der Waals surface area contributed by atoms with Crippen molar-refractivity contribution in [1.82, 2.24) is 0 Å². The van der Waals surface area contributed by atoms with Crippen LogP contribution < -0.4 is 10.6 Å². The van der Waals surface area contributed by atoms with Crippen LogP contribution in [0.4, 0.5) is 10.1 Å². The van der Waals surface area contributed by atoms with Gasteiger partial charge in [-0.25, -0.2) is 9.18 Å². The largest absolute Gasteiger partial charge is 0.477 e. The average molecular weight is 390 g/mol. The molecule has 0 spiro atoms. The first-order valence-corrected chi connectivity index (χ1v) is 7.34. The fraction of sp³-hybridized carbons (Fsp3) is 0.545. The Balaban J connectivity index is 0.00000200. The standard InChI is InChI=1S/C11H14BrFN2O3S.ClH/c12-10-7-1-5(13)2-15(3-6(14)4-16)8(7)9(19-10)11(17)18;/h5-6,16H,1-4,14H2,(H,17,18);1H/t5-,6+;/m0./s1. The molecule has 0 aliphatic carbocycles. The molecule has 0 radical (unpaired) electrons. The normalized spacial score (nSPS) is 19.2. The molecule has 2 rings (SSSR count). The first-order chi connectivity index (χ1) is 8.93. The Hall–Kier alpha value is -0.410. The lowest BCUT2D eigenvalue weighted by molar-refractivity contribution is 0.0702. The number of carbonyl (C=O) groups is 1. The van der Waals surface area contributed by atoms with E-state index in [1.807, 2.05) is 0 Å². The molecule has 1 aromatic rings. The molecule has 1 aromatic heterocycles. The van der Waals surface area contributed by atoms with E-state index in [0.717, 1.165) is 11.3 Å². The molecule has 4 N–H and O–H groups in total. The summed E-state index contributed by atoms with van der Waals surface area (Å²) in [5.74, 6) is -1.04. The van der Waals surface area contributed by atoms with E-state index in [2.05, 4.69) is 15.9 Å². The zero-order chi connectivity index (χ0) is 14.2. The summed E-state index contributed by atoms with van der Waals surface area (Å²) in [5.41, 5.74) is 6.87. The number of alkyl halides is 1. The van der Waals surface area contributed by atoms with Crippen molar-refractivity contribution >= 4 is 51.3 Å². The number of anilines is 1. The number of thiophene rings is 1. The van der Waals surface area contributed by atoms with Crippen LogP contribution in [0.3, 0.4) is 0 Å². The Morgan fingerprint density at radius 2 is 2.30 bits per heavy atom. The van der Waals surface area contributed by atoms with Crippen molar-refractivity contribution in [3.05, 3.63) is 14.2 Å². The number of fused-ring (bicyclic) bond motifs is 1. The molecule has 2 heterocycles. The summed E-state index contributed by atoms with van der Waals surface area (Å²) in [6, 6.07) is -0.529. The van der Waals surface area contributed by atoms with Gasteiger partial charge in [0.2, 0.25) is 0 Å². The van der Waals surface area contributed by atoms with Crippen molar-refractivity contribution in [2.24, 2.45) is 5.73 Å². The van der Waals surface area contributed by atoms with Gasteiger partial charge in [0.1, 0.15) is 11.0 Å². The highest BCUT2D eigenvalue weighted by Crippen LogP contribution is 2.43. The second-order valence-corrected chi connectivity index (χ2v) is 6.82. The lowest BCUT2D eigenvalue weighted by Crippen LogP contribution is -2.45. The summed E-state index contributed by atoms with van der Waals surface area (Å²) in [5, 5.41) is 18.2. The van der Waals surface area contributed by atoms with Gasteiger partial charge in [0.05, 0.1) is 16.1 Å². The van der Waals surface area contributed by atoms with Crippen LogP contribution >= 0.6 is 39.7 Å². The van der Waals surface area contributed by atoms with E-state index in [1.165, 1.54) is 0 Å². The van der Waals surface area contributed by atoms with Crippen LogP contribution in [0.25, 0.3) is 0 Å². The van der Waals surface area contributed by atoms with Gasteiger partial charge in [0.25, 0.3) is 0 Å². The molecule has 1 aliphatic heterocycles. The van der Waals surface area contributed by atoms with Crippen molar-refractivity contribution < 1.29 is 19.4 Å². The molecule has 0 saturated heterocycles. The minimum atomic E-state index is -1.06. The molecule has 20 heavy (non-hydrogen) atoms. The van der Waals surface area contributed by atoms with Gasteiger partial charge in [0, 0.05) is 31.1 Å². The van der Waals surface area contributed by atoms with Crippen LogP contribution in [-0.4, -0.2) is 48.1 Å². The molecule has 5 nitrogen and oxygen atoms in total. The second-order valence-electron chi connectivity index (χ2n) is 4.49. The minimum absolute atomic E-state index is 0. The van der Waals surface area contributed by atoms with E-state index in [0.29, 0.717) is 15.0 Å². The maximum absolute atomic E-state index is 13.7. The third kappa shape index (κ3) is 3.43. The number of aliphatic hydroxyl groups is 1. The maximum Gasteiger partial charge on any atom is 0.348 e. The molecule has 0 fully saturated rings. The van der Waals surface area contributed by atoms with Crippen molar-refractivity contribution in [1.29, 1.82) is 0 Å². The molecule has 2 atom stereocenters. The number of hydrogen-bond acceptors (Lipinski definition) is 5. The van der Waals surface area contributed by atoms with Gasteiger partial charge in [-0.05, 0) is 15.9 Å². The highest BCUT2D eigenvalue weighted by atomic mass is 79.9. The van der Waals surface area contributed by atoms with E-state index in [4.69, 9.17) is 10.8 Å². The third-order valence-corrected chi connectivity index (χ3v) is 4.94. The summed E-state index contributed by atoms with van der Waals surface area (Å²) in [6.07, 6.45) is -0.865. The number of rotatable bonds is 4. The number of halogens is 3. The number of carboxylic acids is 1. The molecule has 0 amide bonds. The lowest BCUT2D eigenvalue weighted by Gasteiger charge is -2.33. The van der Waals surface area contributed by atoms with Gasteiger partial charge in [-0.3, -0.25) is 0 Å². The van der Waals surface area contributed by atoms with Crippen LogP contribution in [-0.2, 0) is 6.42 Å². The van der Waals surface area contributed by atoms with Crippen molar-refractivity contribution in [3.8, 4) is 0 Å². The van der Waals surface area contributed by atoms with Gasteiger partial charge >= 0.3 is 5.97 Å². The average Bonchev–Trinajstić information content (AvgIpc) is 2.67. The van der Waals surface area contributed by atoms with Gasteiger partial charge < -0.3 is 20.8 Å². The second kappa shape index (κ2) is 7.04. The monoisotopic (exact) mass is 388 g/mol.